The molecule has 0 aliphatic heterocycles. The molecule has 1 heterocycles. The summed E-state index contributed by atoms with van der Waals surface area (Å²) in [4.78, 5) is 16.6. The molecule has 1 unspecified atom stereocenters. The van der Waals surface area contributed by atoms with E-state index in [0.29, 0.717) is 17.2 Å². The molecule has 24 heavy (non-hydrogen) atoms. The van der Waals surface area contributed by atoms with Crippen LogP contribution in [-0.2, 0) is 10.0 Å². The highest BCUT2D eigenvalue weighted by molar-refractivity contribution is 7.89. The van der Waals surface area contributed by atoms with Crippen molar-refractivity contribution in [1.29, 1.82) is 0 Å². The number of aromatic nitrogens is 3. The van der Waals surface area contributed by atoms with Crippen molar-refractivity contribution in [3.05, 3.63) is 41.5 Å². The molecule has 0 radical (unpaired) electrons. The van der Waals surface area contributed by atoms with Gasteiger partial charge in [-0.3, -0.25) is 9.89 Å². The highest BCUT2D eigenvalue weighted by Crippen LogP contribution is 2.22. The average Bonchev–Trinajstić information content (AvgIpc) is 3.23. The summed E-state index contributed by atoms with van der Waals surface area (Å²) < 4.78 is 26.8. The predicted molar refractivity (Wildman–Crippen MR) is 86.8 cm³/mol. The molecule has 1 aliphatic rings. The number of nitrogens with one attached hydrogen (secondary N) is 3. The number of hydrogen-bond acceptors (Lipinski definition) is 5. The van der Waals surface area contributed by atoms with Crippen molar-refractivity contribution in [2.45, 2.75) is 43.7 Å². The van der Waals surface area contributed by atoms with Crippen LogP contribution >= 0.6 is 0 Å². The Bertz CT molecular complexity index is 840. The van der Waals surface area contributed by atoms with Crippen LogP contribution in [0.15, 0.2) is 29.2 Å². The minimum Gasteiger partial charge on any atom is -0.342 e. The predicted octanol–water partition coefficient (Wildman–Crippen LogP) is 1.04. The van der Waals surface area contributed by atoms with E-state index in [9.17, 15) is 13.2 Å². The molecule has 1 atom stereocenters. The summed E-state index contributed by atoms with van der Waals surface area (Å²) in [6, 6.07) is 5.54. The van der Waals surface area contributed by atoms with Crippen molar-refractivity contribution in [1.82, 2.24) is 25.2 Å². The number of hydrogen-bond donors (Lipinski definition) is 3. The van der Waals surface area contributed by atoms with Gasteiger partial charge in [-0.15, -0.1) is 0 Å². The Morgan fingerprint density at radius 1 is 1.29 bits per heavy atom. The number of benzene rings is 1. The lowest BCUT2D eigenvalue weighted by Gasteiger charge is -2.11. The normalized spacial score (nSPS) is 15.9. The fourth-order valence-electron chi connectivity index (χ4n) is 2.17. The standard InChI is InChI=1S/C15H19N5O3S/c1-9(14-17-10(2)18-19-14)16-15(21)11-3-7-13(8-4-11)24(22,23)20-12-5-6-12/h3-4,7-9,12,20H,5-6H2,1-2H3,(H,16,21)(H,17,18,19). The molecule has 1 amide bonds. The lowest BCUT2D eigenvalue weighted by atomic mass is 10.2. The second-order valence-corrected chi connectivity index (χ2v) is 7.61. The van der Waals surface area contributed by atoms with Gasteiger partial charge < -0.3 is 5.32 Å². The van der Waals surface area contributed by atoms with E-state index in [1.807, 2.05) is 0 Å². The molecule has 1 aromatic carbocycles. The van der Waals surface area contributed by atoms with E-state index in [-0.39, 0.29) is 22.9 Å². The van der Waals surface area contributed by atoms with Gasteiger partial charge in [0.1, 0.15) is 5.82 Å². The molecule has 2 aromatic rings. The zero-order valence-electron chi connectivity index (χ0n) is 13.4. The number of amides is 1. The Morgan fingerprint density at radius 3 is 2.50 bits per heavy atom. The number of nitrogens with zero attached hydrogens (tertiary/aromatic N) is 2. The van der Waals surface area contributed by atoms with E-state index < -0.39 is 10.0 Å². The number of carbonyl (C=O) groups is 1. The van der Waals surface area contributed by atoms with Gasteiger partial charge in [0.15, 0.2) is 5.82 Å². The average molecular weight is 349 g/mol. The summed E-state index contributed by atoms with van der Waals surface area (Å²) in [7, 11) is -3.51. The molecular weight excluding hydrogens is 330 g/mol. The van der Waals surface area contributed by atoms with E-state index in [1.165, 1.54) is 24.3 Å². The third kappa shape index (κ3) is 3.80. The summed E-state index contributed by atoms with van der Waals surface area (Å²) in [6.45, 7) is 3.55. The maximum atomic E-state index is 12.2. The summed E-state index contributed by atoms with van der Waals surface area (Å²) in [5.74, 6) is 0.849. The quantitative estimate of drug-likeness (QED) is 0.720. The maximum absolute atomic E-state index is 12.2. The minimum absolute atomic E-state index is 0.0450. The van der Waals surface area contributed by atoms with Crippen LogP contribution in [0.1, 0.15) is 47.8 Å². The molecule has 9 heteroatoms. The first-order valence-electron chi connectivity index (χ1n) is 7.67. The summed E-state index contributed by atoms with van der Waals surface area (Å²) in [5.41, 5.74) is 0.375. The van der Waals surface area contributed by atoms with E-state index >= 15 is 0 Å². The molecule has 3 rings (SSSR count). The molecule has 8 nitrogen and oxygen atoms in total. The van der Waals surface area contributed by atoms with Crippen LogP contribution in [0.3, 0.4) is 0 Å². The highest BCUT2D eigenvalue weighted by Gasteiger charge is 2.28. The molecule has 0 bridgehead atoms. The molecule has 128 valence electrons. The molecule has 1 saturated carbocycles. The number of H-pyrrole nitrogens is 1. The molecule has 1 aromatic heterocycles. The first kappa shape index (κ1) is 16.6. The molecule has 0 spiro atoms. The van der Waals surface area contributed by atoms with Crippen molar-refractivity contribution < 1.29 is 13.2 Å². The van der Waals surface area contributed by atoms with Gasteiger partial charge in [-0.1, -0.05) is 0 Å². The van der Waals surface area contributed by atoms with E-state index in [1.54, 1.807) is 13.8 Å². The number of aryl methyl sites for hydroxylation is 1. The van der Waals surface area contributed by atoms with Gasteiger partial charge in [-0.2, -0.15) is 5.10 Å². The maximum Gasteiger partial charge on any atom is 0.251 e. The van der Waals surface area contributed by atoms with Gasteiger partial charge in [0.05, 0.1) is 10.9 Å². The Labute approximate surface area is 140 Å². The first-order chi connectivity index (χ1) is 11.3. The largest absolute Gasteiger partial charge is 0.342 e. The third-order valence-electron chi connectivity index (χ3n) is 3.68. The van der Waals surface area contributed by atoms with Gasteiger partial charge in [0.25, 0.3) is 5.91 Å². The molecular formula is C15H19N5O3S. The Hall–Kier alpha value is -2.26. The lowest BCUT2D eigenvalue weighted by Crippen LogP contribution is -2.28. The van der Waals surface area contributed by atoms with Gasteiger partial charge in [-0.05, 0) is 51.0 Å². The van der Waals surface area contributed by atoms with E-state index in [0.717, 1.165) is 12.8 Å². The van der Waals surface area contributed by atoms with Crippen LogP contribution in [0.5, 0.6) is 0 Å². The highest BCUT2D eigenvalue weighted by atomic mass is 32.2. The lowest BCUT2D eigenvalue weighted by molar-refractivity contribution is 0.0938. The van der Waals surface area contributed by atoms with Gasteiger partial charge in [-0.25, -0.2) is 18.1 Å². The number of aromatic amines is 1. The van der Waals surface area contributed by atoms with Crippen molar-refractivity contribution in [3.63, 3.8) is 0 Å². The zero-order valence-corrected chi connectivity index (χ0v) is 14.2. The molecule has 0 saturated heterocycles. The fourth-order valence-corrected chi connectivity index (χ4v) is 3.48. The van der Waals surface area contributed by atoms with Crippen LogP contribution in [0.4, 0.5) is 0 Å². The molecule has 1 aliphatic carbocycles. The van der Waals surface area contributed by atoms with E-state index in [2.05, 4.69) is 25.2 Å². The Kier molecular flexibility index (Phi) is 4.37. The first-order valence-corrected chi connectivity index (χ1v) is 9.15. The van der Waals surface area contributed by atoms with Crippen molar-refractivity contribution >= 4 is 15.9 Å². The Balaban J connectivity index is 1.67. The van der Waals surface area contributed by atoms with Gasteiger partial charge in [0, 0.05) is 11.6 Å². The second-order valence-electron chi connectivity index (χ2n) is 5.89. The van der Waals surface area contributed by atoms with Crippen LogP contribution in [-0.4, -0.2) is 35.5 Å². The summed E-state index contributed by atoms with van der Waals surface area (Å²) in [6.07, 6.45) is 1.75. The van der Waals surface area contributed by atoms with E-state index in [4.69, 9.17) is 0 Å². The SMILES string of the molecule is Cc1nc(C(C)NC(=O)c2ccc(S(=O)(=O)NC3CC3)cc2)n[nH]1. The number of rotatable bonds is 6. The van der Waals surface area contributed by atoms with Crippen molar-refractivity contribution in [3.8, 4) is 0 Å². The monoisotopic (exact) mass is 349 g/mol. The third-order valence-corrected chi connectivity index (χ3v) is 5.21. The minimum atomic E-state index is -3.51. The van der Waals surface area contributed by atoms with Gasteiger partial charge in [0.2, 0.25) is 10.0 Å². The molecule has 3 N–H and O–H groups in total. The van der Waals surface area contributed by atoms with Crippen LogP contribution in [0.2, 0.25) is 0 Å². The summed E-state index contributed by atoms with van der Waals surface area (Å²) >= 11 is 0. The van der Waals surface area contributed by atoms with Crippen molar-refractivity contribution in [2.75, 3.05) is 0 Å². The topological polar surface area (TPSA) is 117 Å². The Morgan fingerprint density at radius 2 is 1.96 bits per heavy atom. The van der Waals surface area contributed by atoms with Gasteiger partial charge >= 0.3 is 0 Å². The number of carbonyl (C=O) groups excluding carboxylic acids is 1. The smallest absolute Gasteiger partial charge is 0.251 e. The number of sulfonamides is 1. The van der Waals surface area contributed by atoms with Crippen LogP contribution in [0.25, 0.3) is 0 Å². The second kappa shape index (κ2) is 6.33. The van der Waals surface area contributed by atoms with Crippen LogP contribution < -0.4 is 10.0 Å². The molecule has 1 fully saturated rings. The van der Waals surface area contributed by atoms with Crippen LogP contribution in [0, 0.1) is 6.92 Å². The fraction of sp³-hybridized carbons (Fsp3) is 0.400. The van der Waals surface area contributed by atoms with Crippen molar-refractivity contribution in [2.24, 2.45) is 0 Å². The summed E-state index contributed by atoms with van der Waals surface area (Å²) in [5, 5.41) is 9.50. The zero-order chi connectivity index (χ0) is 17.3.